The van der Waals surface area contributed by atoms with Crippen molar-refractivity contribution in [1.82, 2.24) is 4.90 Å². The van der Waals surface area contributed by atoms with Crippen molar-refractivity contribution in [2.24, 2.45) is 5.73 Å². The van der Waals surface area contributed by atoms with Crippen molar-refractivity contribution in [2.45, 2.75) is 30.9 Å². The second-order valence-corrected chi connectivity index (χ2v) is 12.3. The van der Waals surface area contributed by atoms with Crippen molar-refractivity contribution in [1.29, 1.82) is 0 Å². The van der Waals surface area contributed by atoms with Crippen LogP contribution in [-0.4, -0.2) is 84.0 Å². The molecule has 0 saturated carbocycles. The maximum absolute atomic E-state index is 13.6. The number of nitrogens with zero attached hydrogens (tertiary/aromatic N) is 3. The van der Waals surface area contributed by atoms with Crippen molar-refractivity contribution in [2.75, 3.05) is 62.9 Å². The summed E-state index contributed by atoms with van der Waals surface area (Å²) in [6, 6.07) is 9.88. The Hall–Kier alpha value is -2.60. The number of likely N-dealkylation sites (tertiary alicyclic amines) is 1. The molecule has 2 aromatic carbocycles. The number of benzene rings is 2. The first-order valence-corrected chi connectivity index (χ1v) is 14.6. The Morgan fingerprint density at radius 3 is 2.50 bits per heavy atom. The number of amides is 1. The lowest BCUT2D eigenvalue weighted by Crippen LogP contribution is -2.57. The predicted molar refractivity (Wildman–Crippen MR) is 146 cm³/mol. The molecular formula is C26H34ClFN4O5S. The van der Waals surface area contributed by atoms with Gasteiger partial charge in [0.25, 0.3) is 16.0 Å². The molecule has 2 aliphatic heterocycles. The van der Waals surface area contributed by atoms with E-state index in [1.54, 1.807) is 29.2 Å². The van der Waals surface area contributed by atoms with Crippen LogP contribution in [0.15, 0.2) is 36.4 Å². The van der Waals surface area contributed by atoms with Crippen LogP contribution in [0, 0.1) is 5.82 Å². The lowest BCUT2D eigenvalue weighted by atomic mass is 9.82. The van der Waals surface area contributed by atoms with Gasteiger partial charge in [-0.25, -0.2) is 4.39 Å². The first-order valence-electron chi connectivity index (χ1n) is 12.4. The molecule has 1 unspecified atom stereocenters. The summed E-state index contributed by atoms with van der Waals surface area (Å²) >= 11 is 6.48. The molecule has 2 heterocycles. The first kappa shape index (κ1) is 28.4. The molecule has 2 aliphatic rings. The third-order valence-electron chi connectivity index (χ3n) is 6.98. The van der Waals surface area contributed by atoms with E-state index in [4.69, 9.17) is 26.3 Å². The summed E-state index contributed by atoms with van der Waals surface area (Å²) < 4.78 is 47.3. The second-order valence-electron chi connectivity index (χ2n) is 10.2. The first-order chi connectivity index (χ1) is 17.8. The zero-order valence-electron chi connectivity index (χ0n) is 21.8. The van der Waals surface area contributed by atoms with Gasteiger partial charge in [0.2, 0.25) is 0 Å². The van der Waals surface area contributed by atoms with Crippen LogP contribution in [0.4, 0.5) is 15.8 Å². The van der Waals surface area contributed by atoms with Gasteiger partial charge in [-0.15, -0.1) is 0 Å². The van der Waals surface area contributed by atoms with Crippen LogP contribution in [0.5, 0.6) is 5.75 Å². The van der Waals surface area contributed by atoms with Gasteiger partial charge in [0.05, 0.1) is 35.8 Å². The van der Waals surface area contributed by atoms with Gasteiger partial charge in [0.1, 0.15) is 11.6 Å². The Bertz CT molecular complexity index is 1270. The third-order valence-corrected chi connectivity index (χ3v) is 7.88. The van der Waals surface area contributed by atoms with Crippen molar-refractivity contribution in [3.8, 4) is 5.75 Å². The van der Waals surface area contributed by atoms with Crippen LogP contribution in [0.2, 0.25) is 5.02 Å². The van der Waals surface area contributed by atoms with Gasteiger partial charge >= 0.3 is 0 Å². The van der Waals surface area contributed by atoms with Crippen LogP contribution in [0.3, 0.4) is 0 Å². The second kappa shape index (κ2) is 11.3. The SMILES string of the molecule is CN(C)c1cc2c(cc1Cl)N(CCOS(C)(=O)=O)CC(C(=O)N1CCC(N)(Cc3ccc(F)cc3)CC1)O2. The normalized spacial score (nSPS) is 19.1. The minimum absolute atomic E-state index is 0.0744. The van der Waals surface area contributed by atoms with E-state index < -0.39 is 21.8 Å². The number of halogens is 2. The molecule has 38 heavy (non-hydrogen) atoms. The van der Waals surface area contributed by atoms with Crippen molar-refractivity contribution < 1.29 is 26.5 Å². The molecule has 1 amide bonds. The largest absolute Gasteiger partial charge is 0.476 e. The van der Waals surface area contributed by atoms with Gasteiger partial charge in [0.15, 0.2) is 6.10 Å². The summed E-state index contributed by atoms with van der Waals surface area (Å²) in [5.74, 6) is 0.0459. The Morgan fingerprint density at radius 2 is 1.89 bits per heavy atom. The number of nitrogens with two attached hydrogens (primary N) is 1. The van der Waals surface area contributed by atoms with E-state index in [2.05, 4.69) is 0 Å². The van der Waals surface area contributed by atoms with Crippen molar-refractivity contribution in [3.63, 3.8) is 0 Å². The zero-order chi connectivity index (χ0) is 27.7. The number of ether oxygens (including phenoxy) is 1. The monoisotopic (exact) mass is 568 g/mol. The van der Waals surface area contributed by atoms with Gasteiger partial charge in [0, 0.05) is 45.3 Å². The number of carbonyl (C=O) groups is 1. The molecule has 1 atom stereocenters. The lowest BCUT2D eigenvalue weighted by molar-refractivity contribution is -0.140. The summed E-state index contributed by atoms with van der Waals surface area (Å²) in [5.41, 5.74) is 8.53. The molecule has 2 N–H and O–H groups in total. The predicted octanol–water partition coefficient (Wildman–Crippen LogP) is 2.65. The van der Waals surface area contributed by atoms with Crippen LogP contribution < -0.4 is 20.3 Å². The van der Waals surface area contributed by atoms with Gasteiger partial charge in [-0.1, -0.05) is 23.7 Å². The summed E-state index contributed by atoms with van der Waals surface area (Å²) in [4.78, 5) is 19.0. The summed E-state index contributed by atoms with van der Waals surface area (Å²) in [6.45, 7) is 1.33. The van der Waals surface area contributed by atoms with E-state index >= 15 is 0 Å². The molecule has 2 aromatic rings. The average Bonchev–Trinajstić information content (AvgIpc) is 2.84. The van der Waals surface area contributed by atoms with Gasteiger partial charge in [-0.2, -0.15) is 8.42 Å². The van der Waals surface area contributed by atoms with E-state index in [0.29, 0.717) is 48.8 Å². The highest BCUT2D eigenvalue weighted by Crippen LogP contribution is 2.41. The molecule has 9 nitrogen and oxygen atoms in total. The van der Waals surface area contributed by atoms with Crippen LogP contribution >= 0.6 is 11.6 Å². The van der Waals surface area contributed by atoms with Gasteiger partial charge in [-0.3, -0.25) is 8.98 Å². The molecule has 0 aromatic heterocycles. The molecular weight excluding hydrogens is 535 g/mol. The minimum atomic E-state index is -3.61. The fraction of sp³-hybridized carbons (Fsp3) is 0.500. The molecule has 1 fully saturated rings. The smallest absolute Gasteiger partial charge is 0.265 e. The molecule has 12 heteroatoms. The van der Waals surface area contributed by atoms with E-state index in [-0.39, 0.29) is 31.4 Å². The van der Waals surface area contributed by atoms with Gasteiger partial charge < -0.3 is 25.2 Å². The number of piperidine rings is 1. The van der Waals surface area contributed by atoms with E-state index in [0.717, 1.165) is 17.5 Å². The average molecular weight is 569 g/mol. The molecule has 208 valence electrons. The number of hydrogen-bond acceptors (Lipinski definition) is 8. The molecule has 4 rings (SSSR count). The quantitative estimate of drug-likeness (QED) is 0.485. The number of carbonyl (C=O) groups excluding carboxylic acids is 1. The minimum Gasteiger partial charge on any atom is -0.476 e. The maximum atomic E-state index is 13.6. The molecule has 0 spiro atoms. The summed E-state index contributed by atoms with van der Waals surface area (Å²) in [7, 11) is 0.106. The topological polar surface area (TPSA) is 105 Å². The highest BCUT2D eigenvalue weighted by atomic mass is 35.5. The Morgan fingerprint density at radius 1 is 1.24 bits per heavy atom. The van der Waals surface area contributed by atoms with Crippen molar-refractivity contribution in [3.05, 3.63) is 52.8 Å². The molecule has 0 bridgehead atoms. The maximum Gasteiger partial charge on any atom is 0.265 e. The lowest BCUT2D eigenvalue weighted by Gasteiger charge is -2.42. The van der Waals surface area contributed by atoms with Crippen LogP contribution in [-0.2, 0) is 25.5 Å². The fourth-order valence-corrected chi connectivity index (χ4v) is 5.61. The standard InChI is InChI=1S/C26H34ClFN4O5S/c1-30(2)21-15-23-22(14-20(21)27)32(12-13-36-38(3,34)35)17-24(37-23)25(33)31-10-8-26(29,9-11-31)16-18-4-6-19(28)7-5-18/h4-7,14-15,24H,8-13,16-17,29H2,1-3H3. The molecule has 0 radical (unpaired) electrons. The van der Waals surface area contributed by atoms with E-state index in [9.17, 15) is 17.6 Å². The number of rotatable bonds is 8. The molecule has 0 aliphatic carbocycles. The van der Waals surface area contributed by atoms with E-state index in [1.807, 2.05) is 23.9 Å². The van der Waals surface area contributed by atoms with Crippen molar-refractivity contribution >= 4 is 39.0 Å². The van der Waals surface area contributed by atoms with Crippen LogP contribution in [0.1, 0.15) is 18.4 Å². The summed E-state index contributed by atoms with van der Waals surface area (Å²) in [5, 5.41) is 0.507. The fourth-order valence-electron chi connectivity index (χ4n) is 4.91. The number of hydrogen-bond donors (Lipinski definition) is 1. The van der Waals surface area contributed by atoms with Crippen LogP contribution in [0.25, 0.3) is 0 Å². The third kappa shape index (κ3) is 6.88. The van der Waals surface area contributed by atoms with E-state index in [1.165, 1.54) is 12.1 Å². The highest BCUT2D eigenvalue weighted by molar-refractivity contribution is 7.85. The van der Waals surface area contributed by atoms with Gasteiger partial charge in [-0.05, 0) is 43.0 Å². The molecule has 1 saturated heterocycles. The number of anilines is 2. The highest BCUT2D eigenvalue weighted by Gasteiger charge is 2.38. The Balaban J connectivity index is 1.47. The summed E-state index contributed by atoms with van der Waals surface area (Å²) in [6.07, 6.45) is 2.01. The number of fused-ring (bicyclic) bond motifs is 1. The Labute approximate surface area is 228 Å². The zero-order valence-corrected chi connectivity index (χ0v) is 23.4. The Kier molecular flexibility index (Phi) is 8.41.